The number of amides is 1. The average molecular weight is 385 g/mol. The summed E-state index contributed by atoms with van der Waals surface area (Å²) in [5, 5.41) is 2.49. The molecule has 0 bridgehead atoms. The van der Waals surface area contributed by atoms with Crippen molar-refractivity contribution in [3.05, 3.63) is 59.7 Å². The predicted octanol–water partition coefficient (Wildman–Crippen LogP) is 2.89. The molecule has 2 aromatic rings. The summed E-state index contributed by atoms with van der Waals surface area (Å²) in [6.07, 6.45) is 1.27. The summed E-state index contributed by atoms with van der Waals surface area (Å²) < 4.78 is 9.91. The van der Waals surface area contributed by atoms with Gasteiger partial charge in [0, 0.05) is 12.1 Å². The summed E-state index contributed by atoms with van der Waals surface area (Å²) in [6, 6.07) is 14.1. The van der Waals surface area contributed by atoms with E-state index in [1.165, 1.54) is 0 Å². The Morgan fingerprint density at radius 1 is 1.22 bits per heavy atom. The molecule has 0 aromatic heterocycles. The van der Waals surface area contributed by atoms with Crippen LogP contribution in [-0.2, 0) is 11.2 Å². The third-order valence-electron chi connectivity index (χ3n) is 4.23. The fraction of sp³-hybridized carbons (Fsp3) is 0.250. The summed E-state index contributed by atoms with van der Waals surface area (Å²) in [6.45, 7) is 0.242. The number of ketones is 1. The molecule has 1 N–H and O–H groups in total. The SMILES string of the molecule is COc1cccc(C(=O)COc2ccc(CC3(C=O)CNC(=O)S3)cc2)c1. The van der Waals surface area contributed by atoms with E-state index in [0.717, 1.165) is 23.6 Å². The number of carbonyl (C=O) groups is 3. The van der Waals surface area contributed by atoms with Gasteiger partial charge in [-0.05, 0) is 48.0 Å². The Bertz CT molecular complexity index is 852. The average Bonchev–Trinajstić information content (AvgIpc) is 3.08. The molecule has 7 heteroatoms. The van der Waals surface area contributed by atoms with Gasteiger partial charge in [0.2, 0.25) is 0 Å². The number of ether oxygens (including phenoxy) is 2. The Morgan fingerprint density at radius 2 is 2.00 bits per heavy atom. The Morgan fingerprint density at radius 3 is 2.63 bits per heavy atom. The lowest BCUT2D eigenvalue weighted by molar-refractivity contribution is -0.109. The monoisotopic (exact) mass is 385 g/mol. The van der Waals surface area contributed by atoms with Gasteiger partial charge in [-0.2, -0.15) is 0 Å². The summed E-state index contributed by atoms with van der Waals surface area (Å²) in [5.41, 5.74) is 1.44. The van der Waals surface area contributed by atoms with Gasteiger partial charge in [-0.3, -0.25) is 9.59 Å². The second-order valence-corrected chi connectivity index (χ2v) is 7.58. The molecule has 0 saturated carbocycles. The van der Waals surface area contributed by atoms with Crippen molar-refractivity contribution in [1.82, 2.24) is 5.32 Å². The van der Waals surface area contributed by atoms with Gasteiger partial charge in [0.25, 0.3) is 5.24 Å². The van der Waals surface area contributed by atoms with Crippen LogP contribution in [0.2, 0.25) is 0 Å². The van der Waals surface area contributed by atoms with Crippen molar-refractivity contribution in [2.24, 2.45) is 0 Å². The maximum atomic E-state index is 12.2. The number of rotatable bonds is 8. The predicted molar refractivity (Wildman–Crippen MR) is 103 cm³/mol. The summed E-state index contributed by atoms with van der Waals surface area (Å²) in [7, 11) is 1.55. The van der Waals surface area contributed by atoms with Gasteiger partial charge < -0.3 is 19.6 Å². The van der Waals surface area contributed by atoms with Gasteiger partial charge in [0.05, 0.1) is 7.11 Å². The van der Waals surface area contributed by atoms with E-state index in [4.69, 9.17) is 9.47 Å². The molecule has 1 heterocycles. The van der Waals surface area contributed by atoms with E-state index in [1.54, 1.807) is 43.5 Å². The van der Waals surface area contributed by atoms with Crippen molar-refractivity contribution < 1.29 is 23.9 Å². The van der Waals surface area contributed by atoms with Crippen LogP contribution in [0.15, 0.2) is 48.5 Å². The van der Waals surface area contributed by atoms with Gasteiger partial charge in [-0.15, -0.1) is 0 Å². The first-order valence-corrected chi connectivity index (χ1v) is 9.17. The zero-order valence-corrected chi connectivity index (χ0v) is 15.6. The molecule has 140 valence electrons. The van der Waals surface area contributed by atoms with E-state index in [0.29, 0.717) is 30.0 Å². The Hall–Kier alpha value is -2.80. The molecule has 1 aliphatic rings. The van der Waals surface area contributed by atoms with Crippen LogP contribution >= 0.6 is 11.8 Å². The van der Waals surface area contributed by atoms with Crippen LogP contribution in [0.5, 0.6) is 11.5 Å². The second-order valence-electron chi connectivity index (χ2n) is 6.19. The highest BCUT2D eigenvalue weighted by molar-refractivity contribution is 8.15. The number of carbonyl (C=O) groups excluding carboxylic acids is 3. The zero-order chi connectivity index (χ0) is 19.3. The first kappa shape index (κ1) is 19.0. The smallest absolute Gasteiger partial charge is 0.280 e. The van der Waals surface area contributed by atoms with Gasteiger partial charge >= 0.3 is 0 Å². The molecule has 0 aliphatic carbocycles. The van der Waals surface area contributed by atoms with Crippen molar-refractivity contribution in [1.29, 1.82) is 0 Å². The first-order valence-electron chi connectivity index (χ1n) is 8.36. The van der Waals surface area contributed by atoms with Crippen molar-refractivity contribution in [2.75, 3.05) is 20.3 Å². The highest BCUT2D eigenvalue weighted by Gasteiger charge is 2.39. The van der Waals surface area contributed by atoms with Crippen LogP contribution in [-0.4, -0.2) is 42.3 Å². The van der Waals surface area contributed by atoms with Gasteiger partial charge in [-0.1, -0.05) is 24.3 Å². The lowest BCUT2D eigenvalue weighted by Crippen LogP contribution is -2.33. The van der Waals surface area contributed by atoms with Crippen LogP contribution in [0.25, 0.3) is 0 Å². The number of benzene rings is 2. The minimum absolute atomic E-state index is 0.0843. The molecule has 1 aliphatic heterocycles. The molecule has 1 fully saturated rings. The van der Waals surface area contributed by atoms with E-state index >= 15 is 0 Å². The topological polar surface area (TPSA) is 81.7 Å². The zero-order valence-electron chi connectivity index (χ0n) is 14.8. The molecule has 3 rings (SSSR count). The Kier molecular flexibility index (Phi) is 5.81. The lowest BCUT2D eigenvalue weighted by atomic mass is 9.99. The molecule has 27 heavy (non-hydrogen) atoms. The van der Waals surface area contributed by atoms with E-state index in [-0.39, 0.29) is 17.6 Å². The highest BCUT2D eigenvalue weighted by atomic mass is 32.2. The highest BCUT2D eigenvalue weighted by Crippen LogP contribution is 2.32. The quantitative estimate of drug-likeness (QED) is 0.556. The first-order chi connectivity index (χ1) is 13.0. The third-order valence-corrected chi connectivity index (χ3v) is 5.35. The molecular formula is C20H19NO5S. The summed E-state index contributed by atoms with van der Waals surface area (Å²) in [4.78, 5) is 35.1. The molecule has 2 aromatic carbocycles. The van der Waals surface area contributed by atoms with Crippen LogP contribution < -0.4 is 14.8 Å². The normalized spacial score (nSPS) is 18.6. The minimum Gasteiger partial charge on any atom is -0.497 e. The third kappa shape index (κ3) is 4.68. The van der Waals surface area contributed by atoms with Crippen LogP contribution in [0.3, 0.4) is 0 Å². The van der Waals surface area contributed by atoms with Crippen molar-refractivity contribution >= 4 is 29.1 Å². The number of thioether (sulfide) groups is 1. The molecular weight excluding hydrogens is 366 g/mol. The summed E-state index contributed by atoms with van der Waals surface area (Å²) >= 11 is 1.02. The number of methoxy groups -OCH3 is 1. The Labute approximate surface area is 161 Å². The second kappa shape index (κ2) is 8.26. The van der Waals surface area contributed by atoms with E-state index < -0.39 is 4.75 Å². The van der Waals surface area contributed by atoms with Gasteiger partial charge in [0.1, 0.15) is 22.5 Å². The van der Waals surface area contributed by atoms with Gasteiger partial charge in [0.15, 0.2) is 12.4 Å². The standard InChI is InChI=1S/C20H19NO5S/c1-25-17-4-2-3-15(9-17)18(23)11-26-16-7-5-14(6-8-16)10-20(13-22)12-21-19(24)27-20/h2-9,13H,10-12H2,1H3,(H,21,24). The summed E-state index contributed by atoms with van der Waals surface area (Å²) in [5.74, 6) is 1.03. The number of aldehydes is 1. The van der Waals surface area contributed by atoms with Gasteiger partial charge in [-0.25, -0.2) is 0 Å². The fourth-order valence-corrected chi connectivity index (χ4v) is 3.71. The fourth-order valence-electron chi connectivity index (χ4n) is 2.76. The minimum atomic E-state index is -0.762. The lowest BCUT2D eigenvalue weighted by Gasteiger charge is -2.18. The van der Waals surface area contributed by atoms with E-state index in [2.05, 4.69) is 5.32 Å². The number of Topliss-reactive ketones (excluding diaryl/α,β-unsaturated/α-hetero) is 1. The van der Waals surface area contributed by atoms with Crippen LogP contribution in [0.4, 0.5) is 4.79 Å². The largest absolute Gasteiger partial charge is 0.497 e. The molecule has 1 amide bonds. The van der Waals surface area contributed by atoms with Crippen molar-refractivity contribution in [3.63, 3.8) is 0 Å². The maximum absolute atomic E-state index is 12.2. The van der Waals surface area contributed by atoms with Crippen LogP contribution in [0, 0.1) is 0 Å². The molecule has 6 nitrogen and oxygen atoms in total. The molecule has 0 radical (unpaired) electrons. The number of nitrogens with one attached hydrogen (secondary N) is 1. The molecule has 1 atom stereocenters. The number of hydrogen-bond donors (Lipinski definition) is 1. The Balaban J connectivity index is 1.58. The van der Waals surface area contributed by atoms with E-state index in [9.17, 15) is 14.4 Å². The van der Waals surface area contributed by atoms with E-state index in [1.807, 2.05) is 12.1 Å². The van der Waals surface area contributed by atoms with Crippen molar-refractivity contribution in [2.45, 2.75) is 11.2 Å². The maximum Gasteiger partial charge on any atom is 0.280 e. The molecule has 1 unspecified atom stereocenters. The molecule has 1 saturated heterocycles. The van der Waals surface area contributed by atoms with Crippen molar-refractivity contribution in [3.8, 4) is 11.5 Å². The molecule has 0 spiro atoms. The number of hydrogen-bond acceptors (Lipinski definition) is 6. The van der Waals surface area contributed by atoms with Crippen LogP contribution in [0.1, 0.15) is 15.9 Å².